The Morgan fingerprint density at radius 3 is 2.72 bits per heavy atom. The number of rotatable bonds is 5. The number of benzene rings is 1. The zero-order valence-electron chi connectivity index (χ0n) is 11.1. The number of carbonyl (C=O) groups is 1. The first kappa shape index (κ1) is 12.9. The summed E-state index contributed by atoms with van der Waals surface area (Å²) in [7, 11) is 0. The highest BCUT2D eigenvalue weighted by atomic mass is 16.5. The van der Waals surface area contributed by atoms with Gasteiger partial charge in [-0.2, -0.15) is 0 Å². The molecule has 1 fully saturated rings. The van der Waals surface area contributed by atoms with Crippen molar-refractivity contribution >= 4 is 11.6 Å². The van der Waals surface area contributed by atoms with Crippen LogP contribution in [-0.4, -0.2) is 12.5 Å². The zero-order chi connectivity index (χ0) is 13.0. The summed E-state index contributed by atoms with van der Waals surface area (Å²) in [5, 5.41) is 2.97. The average Bonchev–Trinajstić information content (AvgIpc) is 2.25. The quantitative estimate of drug-likeness (QED) is 0.865. The van der Waals surface area contributed by atoms with Crippen LogP contribution in [0.5, 0.6) is 5.75 Å². The van der Waals surface area contributed by atoms with Crippen LogP contribution in [-0.2, 0) is 4.79 Å². The van der Waals surface area contributed by atoms with Gasteiger partial charge in [-0.15, -0.1) is 0 Å². The molecule has 1 aliphatic carbocycles. The minimum Gasteiger partial charge on any atom is -0.491 e. The van der Waals surface area contributed by atoms with Crippen LogP contribution in [0.15, 0.2) is 24.3 Å². The predicted molar refractivity (Wildman–Crippen MR) is 72.7 cm³/mol. The molecular formula is C15H21NO2. The van der Waals surface area contributed by atoms with E-state index in [1.165, 1.54) is 6.42 Å². The highest BCUT2D eigenvalue weighted by molar-refractivity contribution is 5.94. The Hall–Kier alpha value is -1.51. The molecule has 1 aromatic rings. The Morgan fingerprint density at radius 1 is 1.39 bits per heavy atom. The van der Waals surface area contributed by atoms with E-state index in [1.807, 2.05) is 24.3 Å². The van der Waals surface area contributed by atoms with Crippen molar-refractivity contribution in [1.29, 1.82) is 0 Å². The van der Waals surface area contributed by atoms with Crippen LogP contribution in [0.4, 0.5) is 5.69 Å². The van der Waals surface area contributed by atoms with E-state index in [1.54, 1.807) is 0 Å². The Balaban J connectivity index is 1.99. The largest absolute Gasteiger partial charge is 0.491 e. The molecule has 98 valence electrons. The Labute approximate surface area is 109 Å². The molecule has 1 aromatic carbocycles. The molecule has 0 aromatic heterocycles. The molecule has 0 bridgehead atoms. The molecule has 0 radical (unpaired) electrons. The van der Waals surface area contributed by atoms with Crippen LogP contribution in [0.25, 0.3) is 0 Å². The molecule has 0 aliphatic heterocycles. The summed E-state index contributed by atoms with van der Waals surface area (Å²) < 4.78 is 5.72. The number of nitrogens with one attached hydrogen (secondary N) is 1. The lowest BCUT2D eigenvalue weighted by atomic mass is 9.85. The van der Waals surface area contributed by atoms with Crippen molar-refractivity contribution in [2.75, 3.05) is 11.9 Å². The van der Waals surface area contributed by atoms with Gasteiger partial charge in [0, 0.05) is 5.92 Å². The van der Waals surface area contributed by atoms with Gasteiger partial charge >= 0.3 is 0 Å². The Kier molecular flexibility index (Phi) is 4.24. The monoisotopic (exact) mass is 247 g/mol. The van der Waals surface area contributed by atoms with Gasteiger partial charge in [-0.1, -0.05) is 32.4 Å². The number of amides is 1. The molecule has 2 rings (SSSR count). The summed E-state index contributed by atoms with van der Waals surface area (Å²) in [4.78, 5) is 11.9. The second-order valence-corrected chi connectivity index (χ2v) is 5.32. The minimum absolute atomic E-state index is 0.127. The third-order valence-corrected chi connectivity index (χ3v) is 3.19. The number of ether oxygens (including phenoxy) is 1. The molecule has 1 aliphatic rings. The van der Waals surface area contributed by atoms with E-state index in [9.17, 15) is 4.79 Å². The van der Waals surface area contributed by atoms with Crippen LogP contribution >= 0.6 is 0 Å². The highest BCUT2D eigenvalue weighted by Crippen LogP contribution is 2.30. The van der Waals surface area contributed by atoms with E-state index >= 15 is 0 Å². The van der Waals surface area contributed by atoms with Gasteiger partial charge in [0.2, 0.25) is 5.91 Å². The maximum absolute atomic E-state index is 11.9. The molecule has 0 spiro atoms. The molecule has 1 saturated carbocycles. The van der Waals surface area contributed by atoms with Crippen molar-refractivity contribution in [3.05, 3.63) is 24.3 Å². The summed E-state index contributed by atoms with van der Waals surface area (Å²) in [5.74, 6) is 1.56. The Bertz CT molecular complexity index is 411. The average molecular weight is 247 g/mol. The van der Waals surface area contributed by atoms with Gasteiger partial charge in [-0.25, -0.2) is 0 Å². The van der Waals surface area contributed by atoms with E-state index in [4.69, 9.17) is 4.74 Å². The van der Waals surface area contributed by atoms with Gasteiger partial charge in [-0.3, -0.25) is 4.79 Å². The van der Waals surface area contributed by atoms with Crippen molar-refractivity contribution in [2.24, 2.45) is 11.8 Å². The first-order valence-corrected chi connectivity index (χ1v) is 6.69. The molecule has 3 heteroatoms. The topological polar surface area (TPSA) is 38.3 Å². The Morgan fingerprint density at radius 2 is 2.11 bits per heavy atom. The zero-order valence-corrected chi connectivity index (χ0v) is 11.1. The fraction of sp³-hybridized carbons (Fsp3) is 0.533. The van der Waals surface area contributed by atoms with Gasteiger partial charge < -0.3 is 10.1 Å². The van der Waals surface area contributed by atoms with Crippen molar-refractivity contribution < 1.29 is 9.53 Å². The van der Waals surface area contributed by atoms with Crippen molar-refractivity contribution in [3.8, 4) is 5.75 Å². The van der Waals surface area contributed by atoms with Crippen LogP contribution < -0.4 is 10.1 Å². The summed E-state index contributed by atoms with van der Waals surface area (Å²) in [6.45, 7) is 4.88. The molecule has 0 saturated heterocycles. The number of hydrogen-bond acceptors (Lipinski definition) is 2. The first-order valence-electron chi connectivity index (χ1n) is 6.69. The molecule has 0 unspecified atom stereocenters. The molecule has 0 atom stereocenters. The standard InChI is InChI=1S/C15H21NO2/c1-11(2)10-18-14-9-4-3-8-13(14)16-15(17)12-6-5-7-12/h3-4,8-9,11-12H,5-7,10H2,1-2H3,(H,16,17). The SMILES string of the molecule is CC(C)COc1ccccc1NC(=O)C1CCC1. The lowest BCUT2D eigenvalue weighted by Crippen LogP contribution is -2.28. The second-order valence-electron chi connectivity index (χ2n) is 5.32. The summed E-state index contributed by atoms with van der Waals surface area (Å²) in [6, 6.07) is 7.64. The van der Waals surface area contributed by atoms with E-state index in [2.05, 4.69) is 19.2 Å². The third-order valence-electron chi connectivity index (χ3n) is 3.19. The summed E-state index contributed by atoms with van der Waals surface area (Å²) >= 11 is 0. The summed E-state index contributed by atoms with van der Waals surface area (Å²) in [5.41, 5.74) is 0.787. The maximum Gasteiger partial charge on any atom is 0.227 e. The fourth-order valence-corrected chi connectivity index (χ4v) is 1.86. The van der Waals surface area contributed by atoms with Gasteiger partial charge in [0.1, 0.15) is 5.75 Å². The van der Waals surface area contributed by atoms with Gasteiger partial charge in [0.25, 0.3) is 0 Å². The van der Waals surface area contributed by atoms with Crippen LogP contribution in [0, 0.1) is 11.8 Å². The lowest BCUT2D eigenvalue weighted by Gasteiger charge is -2.24. The number of hydrogen-bond donors (Lipinski definition) is 1. The molecule has 1 amide bonds. The van der Waals surface area contributed by atoms with E-state index in [0.717, 1.165) is 24.3 Å². The van der Waals surface area contributed by atoms with Crippen molar-refractivity contribution in [1.82, 2.24) is 0 Å². The van der Waals surface area contributed by atoms with Crippen LogP contribution in [0.3, 0.4) is 0 Å². The molecular weight excluding hydrogens is 226 g/mol. The summed E-state index contributed by atoms with van der Waals surface area (Å²) in [6.07, 6.45) is 3.20. The third kappa shape index (κ3) is 3.25. The molecule has 3 nitrogen and oxygen atoms in total. The number of para-hydroxylation sites is 2. The van der Waals surface area contributed by atoms with Crippen molar-refractivity contribution in [3.63, 3.8) is 0 Å². The van der Waals surface area contributed by atoms with Gasteiger partial charge in [0.05, 0.1) is 12.3 Å². The predicted octanol–water partition coefficient (Wildman–Crippen LogP) is 3.46. The van der Waals surface area contributed by atoms with Crippen LogP contribution in [0.1, 0.15) is 33.1 Å². The normalized spacial score (nSPS) is 15.3. The van der Waals surface area contributed by atoms with Gasteiger partial charge in [-0.05, 0) is 30.9 Å². The lowest BCUT2D eigenvalue weighted by molar-refractivity contribution is -0.122. The number of carbonyl (C=O) groups excluding carboxylic acids is 1. The second kappa shape index (κ2) is 5.89. The fourth-order valence-electron chi connectivity index (χ4n) is 1.86. The number of anilines is 1. The maximum atomic E-state index is 11.9. The molecule has 0 heterocycles. The highest BCUT2D eigenvalue weighted by Gasteiger charge is 2.25. The van der Waals surface area contributed by atoms with Crippen molar-refractivity contribution in [2.45, 2.75) is 33.1 Å². The van der Waals surface area contributed by atoms with Crippen LogP contribution in [0.2, 0.25) is 0 Å². The molecule has 1 N–H and O–H groups in total. The van der Waals surface area contributed by atoms with E-state index in [-0.39, 0.29) is 11.8 Å². The minimum atomic E-state index is 0.127. The van der Waals surface area contributed by atoms with Gasteiger partial charge in [0.15, 0.2) is 0 Å². The van der Waals surface area contributed by atoms with E-state index in [0.29, 0.717) is 12.5 Å². The van der Waals surface area contributed by atoms with E-state index < -0.39 is 0 Å². The molecule has 18 heavy (non-hydrogen) atoms. The smallest absolute Gasteiger partial charge is 0.227 e. The first-order chi connectivity index (χ1) is 8.66.